The molecule has 3 aromatic carbocycles. The lowest BCUT2D eigenvalue weighted by Gasteiger charge is -2.30. The maximum absolute atomic E-state index is 13.2. The number of nitrogens with one attached hydrogen (secondary N) is 1. The Kier molecular flexibility index (Phi) is 7.73. The number of likely N-dealkylation sites (N-methyl/N-ethyl adjacent to an activating group) is 2. The van der Waals surface area contributed by atoms with Gasteiger partial charge in [-0.2, -0.15) is 4.31 Å². The molecule has 3 rings (SSSR count). The fourth-order valence-electron chi connectivity index (χ4n) is 3.45. The molecule has 7 nitrogen and oxygen atoms in total. The number of carbonyl (C=O) groups excluding carboxylic acids is 2. The van der Waals surface area contributed by atoms with E-state index in [4.69, 9.17) is 11.6 Å². The Morgan fingerprint density at radius 3 is 2.27 bits per heavy atom. The van der Waals surface area contributed by atoms with Gasteiger partial charge in [-0.05, 0) is 47.5 Å². The largest absolute Gasteiger partial charge is 0.357 e. The first-order valence-corrected chi connectivity index (χ1v) is 12.2. The van der Waals surface area contributed by atoms with E-state index in [1.165, 1.54) is 25.1 Å². The minimum absolute atomic E-state index is 0.0973. The molecule has 0 saturated carbocycles. The van der Waals surface area contributed by atoms with E-state index in [2.05, 4.69) is 5.32 Å². The number of sulfonamides is 1. The first kappa shape index (κ1) is 24.7. The lowest BCUT2D eigenvalue weighted by atomic mass is 10.1. The monoisotopic (exact) mass is 487 g/mol. The van der Waals surface area contributed by atoms with Crippen molar-refractivity contribution in [3.05, 3.63) is 77.3 Å². The molecule has 1 atom stereocenters. The Hall–Kier alpha value is -2.94. The topological polar surface area (TPSA) is 86.8 Å². The summed E-state index contributed by atoms with van der Waals surface area (Å²) in [6.45, 7) is 1.32. The fourth-order valence-corrected chi connectivity index (χ4v) is 4.73. The highest BCUT2D eigenvalue weighted by Gasteiger charge is 2.30. The smallest absolute Gasteiger partial charge is 0.243 e. The van der Waals surface area contributed by atoms with E-state index in [0.29, 0.717) is 5.02 Å². The predicted octanol–water partition coefficient (Wildman–Crippen LogP) is 3.28. The summed E-state index contributed by atoms with van der Waals surface area (Å²) >= 11 is 5.94. The average molecular weight is 488 g/mol. The molecule has 0 saturated heterocycles. The molecule has 0 heterocycles. The highest BCUT2D eigenvalue weighted by molar-refractivity contribution is 7.89. The zero-order valence-corrected chi connectivity index (χ0v) is 20.2. The van der Waals surface area contributed by atoms with Gasteiger partial charge in [0, 0.05) is 25.7 Å². The van der Waals surface area contributed by atoms with Gasteiger partial charge in [-0.1, -0.05) is 54.1 Å². The second kappa shape index (κ2) is 10.3. The average Bonchev–Trinajstić information content (AvgIpc) is 2.82. The molecular formula is C24H26ClN3O4S. The summed E-state index contributed by atoms with van der Waals surface area (Å²) < 4.78 is 27.3. The zero-order valence-electron chi connectivity index (χ0n) is 18.7. The molecule has 9 heteroatoms. The molecule has 0 unspecified atom stereocenters. The SMILES string of the molecule is CNC(=O)[C@@H](C)N(Cc1ccc(Cl)cc1)C(=O)CN(C)S(=O)(=O)c1ccc2ccccc2c1. The number of carbonyl (C=O) groups is 2. The van der Waals surface area contributed by atoms with Gasteiger partial charge in [-0.15, -0.1) is 0 Å². The molecule has 0 fully saturated rings. The Morgan fingerprint density at radius 2 is 1.64 bits per heavy atom. The van der Waals surface area contributed by atoms with Crippen molar-refractivity contribution in [3.63, 3.8) is 0 Å². The molecule has 0 aliphatic rings. The molecule has 0 radical (unpaired) electrons. The van der Waals surface area contributed by atoms with Crippen molar-refractivity contribution in [2.24, 2.45) is 0 Å². The number of halogens is 1. The van der Waals surface area contributed by atoms with Gasteiger partial charge in [0.1, 0.15) is 6.04 Å². The quantitative estimate of drug-likeness (QED) is 0.528. The zero-order chi connectivity index (χ0) is 24.2. The van der Waals surface area contributed by atoms with Gasteiger partial charge in [0.25, 0.3) is 0 Å². The van der Waals surface area contributed by atoms with Crippen LogP contribution < -0.4 is 5.32 Å². The van der Waals surface area contributed by atoms with E-state index in [-0.39, 0.29) is 17.3 Å². The first-order valence-electron chi connectivity index (χ1n) is 10.3. The molecule has 0 aromatic heterocycles. The molecule has 0 bridgehead atoms. The van der Waals surface area contributed by atoms with Crippen LogP contribution in [0.1, 0.15) is 12.5 Å². The summed E-state index contributed by atoms with van der Waals surface area (Å²) in [5.74, 6) is -0.842. The van der Waals surface area contributed by atoms with E-state index in [1.807, 2.05) is 24.3 Å². The van der Waals surface area contributed by atoms with E-state index >= 15 is 0 Å². The first-order chi connectivity index (χ1) is 15.6. The molecule has 1 N–H and O–H groups in total. The molecule has 2 amide bonds. The predicted molar refractivity (Wildman–Crippen MR) is 129 cm³/mol. The van der Waals surface area contributed by atoms with Gasteiger partial charge in [-0.25, -0.2) is 8.42 Å². The van der Waals surface area contributed by atoms with Crippen LogP contribution in [0.5, 0.6) is 0 Å². The van der Waals surface area contributed by atoms with Crippen molar-refractivity contribution in [1.29, 1.82) is 0 Å². The van der Waals surface area contributed by atoms with Crippen molar-refractivity contribution >= 4 is 44.2 Å². The van der Waals surface area contributed by atoms with Gasteiger partial charge in [-0.3, -0.25) is 9.59 Å². The Labute approximate surface area is 199 Å². The van der Waals surface area contributed by atoms with Gasteiger partial charge < -0.3 is 10.2 Å². The van der Waals surface area contributed by atoms with Crippen LogP contribution in [-0.4, -0.2) is 56.1 Å². The van der Waals surface area contributed by atoms with E-state index in [0.717, 1.165) is 20.6 Å². The number of rotatable bonds is 8. The third kappa shape index (κ3) is 5.71. The summed E-state index contributed by atoms with van der Waals surface area (Å²) in [7, 11) is -1.08. The fraction of sp³-hybridized carbons (Fsp3) is 0.250. The minimum Gasteiger partial charge on any atom is -0.357 e. The third-order valence-corrected chi connectivity index (χ3v) is 7.52. The molecule has 0 aliphatic carbocycles. The lowest BCUT2D eigenvalue weighted by molar-refractivity contribution is -0.140. The number of hydrogen-bond donors (Lipinski definition) is 1. The molecule has 174 valence electrons. The van der Waals surface area contributed by atoms with Crippen LogP contribution in [0.4, 0.5) is 0 Å². The highest BCUT2D eigenvalue weighted by atomic mass is 35.5. The van der Waals surface area contributed by atoms with Crippen LogP contribution in [0.2, 0.25) is 5.02 Å². The number of benzene rings is 3. The Morgan fingerprint density at radius 1 is 1.00 bits per heavy atom. The third-order valence-electron chi connectivity index (χ3n) is 5.47. The normalized spacial score (nSPS) is 12.5. The Balaban J connectivity index is 1.84. The number of fused-ring (bicyclic) bond motifs is 1. The van der Waals surface area contributed by atoms with E-state index < -0.39 is 28.5 Å². The Bertz CT molecular complexity index is 1260. The van der Waals surface area contributed by atoms with Crippen LogP contribution in [0.15, 0.2) is 71.6 Å². The summed E-state index contributed by atoms with van der Waals surface area (Å²) in [6.07, 6.45) is 0. The highest BCUT2D eigenvalue weighted by Crippen LogP contribution is 2.22. The summed E-state index contributed by atoms with van der Waals surface area (Å²) in [6, 6.07) is 18.4. The summed E-state index contributed by atoms with van der Waals surface area (Å²) in [4.78, 5) is 26.9. The van der Waals surface area contributed by atoms with Gasteiger partial charge >= 0.3 is 0 Å². The molecule has 3 aromatic rings. The molecular weight excluding hydrogens is 462 g/mol. The second-order valence-corrected chi connectivity index (χ2v) is 10.2. The van der Waals surface area contributed by atoms with Gasteiger partial charge in [0.15, 0.2) is 0 Å². The van der Waals surface area contributed by atoms with E-state index in [1.54, 1.807) is 43.3 Å². The van der Waals surface area contributed by atoms with Crippen molar-refractivity contribution in [2.75, 3.05) is 20.6 Å². The summed E-state index contributed by atoms with van der Waals surface area (Å²) in [5.41, 5.74) is 0.767. The lowest BCUT2D eigenvalue weighted by Crippen LogP contribution is -2.50. The summed E-state index contributed by atoms with van der Waals surface area (Å²) in [5, 5.41) is 4.80. The van der Waals surface area contributed by atoms with Crippen LogP contribution >= 0.6 is 11.6 Å². The van der Waals surface area contributed by atoms with Crippen molar-refractivity contribution in [3.8, 4) is 0 Å². The van der Waals surface area contributed by atoms with Crippen LogP contribution in [-0.2, 0) is 26.2 Å². The molecule has 33 heavy (non-hydrogen) atoms. The minimum atomic E-state index is -3.92. The van der Waals surface area contributed by atoms with Gasteiger partial charge in [0.2, 0.25) is 21.8 Å². The molecule has 0 spiro atoms. The number of nitrogens with zero attached hydrogens (tertiary/aromatic N) is 2. The number of hydrogen-bond acceptors (Lipinski definition) is 4. The van der Waals surface area contributed by atoms with Crippen molar-refractivity contribution in [2.45, 2.75) is 24.4 Å². The van der Waals surface area contributed by atoms with Gasteiger partial charge in [0.05, 0.1) is 11.4 Å². The number of amides is 2. The maximum atomic E-state index is 13.2. The standard InChI is InChI=1S/C24H26ClN3O4S/c1-17(24(30)26-2)28(15-18-8-11-21(25)12-9-18)23(29)16-27(3)33(31,32)22-13-10-19-6-4-5-7-20(19)14-22/h4-14,17H,15-16H2,1-3H3,(H,26,30)/t17-/m1/s1. The second-order valence-electron chi connectivity index (χ2n) is 7.71. The maximum Gasteiger partial charge on any atom is 0.243 e. The van der Waals surface area contributed by atoms with Crippen molar-refractivity contribution < 1.29 is 18.0 Å². The van der Waals surface area contributed by atoms with Crippen LogP contribution in [0.25, 0.3) is 10.8 Å². The van der Waals surface area contributed by atoms with Crippen LogP contribution in [0, 0.1) is 0 Å². The van der Waals surface area contributed by atoms with Crippen LogP contribution in [0.3, 0.4) is 0 Å². The molecule has 0 aliphatic heterocycles. The van der Waals surface area contributed by atoms with Crippen molar-refractivity contribution in [1.82, 2.24) is 14.5 Å². The van der Waals surface area contributed by atoms with E-state index in [9.17, 15) is 18.0 Å².